The normalized spacial score (nSPS) is 13.9. The fourth-order valence-corrected chi connectivity index (χ4v) is 1.31. The second-order valence-electron chi connectivity index (χ2n) is 4.63. The molecule has 0 aromatic carbocycles. The van der Waals surface area contributed by atoms with Crippen molar-refractivity contribution in [2.24, 2.45) is 22.7 Å². The van der Waals surface area contributed by atoms with Gasteiger partial charge in [-0.2, -0.15) is 0 Å². The number of hydrogen-bond donors (Lipinski definition) is 2. The Hall–Kier alpha value is -1.26. The zero-order chi connectivity index (χ0) is 12.7. The molecule has 0 aromatic heterocycles. The van der Waals surface area contributed by atoms with Gasteiger partial charge in [0.15, 0.2) is 0 Å². The van der Waals surface area contributed by atoms with Crippen molar-refractivity contribution in [3.63, 3.8) is 0 Å². The highest BCUT2D eigenvalue weighted by Gasteiger charge is 2.15. The first-order valence-electron chi connectivity index (χ1n) is 5.59. The van der Waals surface area contributed by atoms with E-state index in [1.807, 2.05) is 6.92 Å². The van der Waals surface area contributed by atoms with E-state index in [0.29, 0.717) is 18.9 Å². The number of amidine groups is 1. The summed E-state index contributed by atoms with van der Waals surface area (Å²) >= 11 is 0. The molecule has 0 aromatic rings. The molecule has 0 aliphatic carbocycles. The summed E-state index contributed by atoms with van der Waals surface area (Å²) in [6.07, 6.45) is 1.44. The third kappa shape index (κ3) is 5.58. The number of rotatable bonds is 6. The minimum Gasteiger partial charge on any atom is -0.409 e. The summed E-state index contributed by atoms with van der Waals surface area (Å²) in [4.78, 5) is 13.3. The summed E-state index contributed by atoms with van der Waals surface area (Å²) in [7, 11) is 1.74. The van der Waals surface area contributed by atoms with E-state index in [2.05, 4.69) is 19.0 Å². The molecule has 0 bridgehead atoms. The van der Waals surface area contributed by atoms with Gasteiger partial charge in [-0.25, -0.2) is 0 Å². The van der Waals surface area contributed by atoms with Gasteiger partial charge in [0.1, 0.15) is 5.84 Å². The Balaban J connectivity index is 4.05. The van der Waals surface area contributed by atoms with Crippen LogP contribution in [0.1, 0.15) is 33.6 Å². The van der Waals surface area contributed by atoms with Crippen LogP contribution in [-0.4, -0.2) is 35.4 Å². The first-order chi connectivity index (χ1) is 7.38. The van der Waals surface area contributed by atoms with E-state index < -0.39 is 0 Å². The minimum atomic E-state index is -0.127. The van der Waals surface area contributed by atoms with Crippen LogP contribution in [0.15, 0.2) is 5.16 Å². The lowest BCUT2D eigenvalue weighted by Gasteiger charge is -2.21. The predicted octanol–water partition coefficient (Wildman–Crippen LogP) is 1.26. The Morgan fingerprint density at radius 1 is 1.44 bits per heavy atom. The summed E-state index contributed by atoms with van der Waals surface area (Å²) in [6, 6.07) is 0. The Morgan fingerprint density at radius 2 is 2.00 bits per heavy atom. The second kappa shape index (κ2) is 7.09. The standard InChI is InChI=1S/C11H23N3O2/c1-8(2)5-6-10(15)14(4)7-9(3)11(12)13-16/h8-9,16H,5-7H2,1-4H3,(H2,12,13). The van der Waals surface area contributed by atoms with Crippen LogP contribution in [0.4, 0.5) is 0 Å². The van der Waals surface area contributed by atoms with E-state index in [9.17, 15) is 4.79 Å². The third-order valence-electron chi connectivity index (χ3n) is 2.53. The minimum absolute atomic E-state index is 0.103. The molecule has 5 heteroatoms. The fourth-order valence-electron chi connectivity index (χ4n) is 1.31. The molecule has 0 rings (SSSR count). The molecule has 0 heterocycles. The number of amides is 1. The van der Waals surface area contributed by atoms with Crippen LogP contribution in [0, 0.1) is 11.8 Å². The van der Waals surface area contributed by atoms with E-state index in [1.165, 1.54) is 0 Å². The summed E-state index contributed by atoms with van der Waals surface area (Å²) < 4.78 is 0. The van der Waals surface area contributed by atoms with Crippen LogP contribution in [-0.2, 0) is 4.79 Å². The van der Waals surface area contributed by atoms with Gasteiger partial charge in [0.2, 0.25) is 5.91 Å². The van der Waals surface area contributed by atoms with E-state index in [-0.39, 0.29) is 17.7 Å². The number of oxime groups is 1. The van der Waals surface area contributed by atoms with Gasteiger partial charge in [0.05, 0.1) is 0 Å². The van der Waals surface area contributed by atoms with Gasteiger partial charge in [-0.3, -0.25) is 4.79 Å². The van der Waals surface area contributed by atoms with Crippen molar-refractivity contribution in [3.05, 3.63) is 0 Å². The largest absolute Gasteiger partial charge is 0.409 e. The van der Waals surface area contributed by atoms with Crippen LogP contribution in [0.25, 0.3) is 0 Å². The van der Waals surface area contributed by atoms with Crippen LogP contribution < -0.4 is 5.73 Å². The molecule has 0 saturated carbocycles. The molecule has 0 spiro atoms. The SMILES string of the molecule is CC(C)CCC(=O)N(C)CC(C)C(N)=NO. The molecule has 1 amide bonds. The molecule has 0 radical (unpaired) electrons. The second-order valence-corrected chi connectivity index (χ2v) is 4.63. The van der Waals surface area contributed by atoms with Gasteiger partial charge in [-0.1, -0.05) is 25.9 Å². The van der Waals surface area contributed by atoms with Gasteiger partial charge < -0.3 is 15.8 Å². The number of hydrogen-bond acceptors (Lipinski definition) is 3. The summed E-state index contributed by atoms with van der Waals surface area (Å²) in [6.45, 7) is 6.48. The lowest BCUT2D eigenvalue weighted by molar-refractivity contribution is -0.130. The fraction of sp³-hybridized carbons (Fsp3) is 0.818. The third-order valence-corrected chi connectivity index (χ3v) is 2.53. The van der Waals surface area contributed by atoms with E-state index in [0.717, 1.165) is 6.42 Å². The predicted molar refractivity (Wildman–Crippen MR) is 64.3 cm³/mol. The zero-order valence-electron chi connectivity index (χ0n) is 10.6. The number of nitrogens with two attached hydrogens (primary N) is 1. The quantitative estimate of drug-likeness (QED) is 0.311. The zero-order valence-corrected chi connectivity index (χ0v) is 10.6. The van der Waals surface area contributed by atoms with Gasteiger partial charge in [-0.15, -0.1) is 0 Å². The molecule has 0 aliphatic rings. The topological polar surface area (TPSA) is 78.9 Å². The van der Waals surface area contributed by atoms with Crippen molar-refractivity contribution in [1.29, 1.82) is 0 Å². The first kappa shape index (κ1) is 14.7. The van der Waals surface area contributed by atoms with Crippen molar-refractivity contribution in [2.45, 2.75) is 33.6 Å². The van der Waals surface area contributed by atoms with Gasteiger partial charge in [0.25, 0.3) is 0 Å². The number of carbonyl (C=O) groups excluding carboxylic acids is 1. The maximum atomic E-state index is 11.7. The summed E-state index contributed by atoms with van der Waals surface area (Å²) in [5.74, 6) is 0.659. The van der Waals surface area contributed by atoms with Crippen molar-refractivity contribution in [1.82, 2.24) is 4.90 Å². The monoisotopic (exact) mass is 229 g/mol. The molecule has 94 valence electrons. The molecule has 5 nitrogen and oxygen atoms in total. The van der Waals surface area contributed by atoms with E-state index in [1.54, 1.807) is 11.9 Å². The molecular formula is C11H23N3O2. The summed E-state index contributed by atoms with van der Waals surface area (Å²) in [5.41, 5.74) is 5.45. The smallest absolute Gasteiger partial charge is 0.222 e. The molecule has 0 fully saturated rings. The highest BCUT2D eigenvalue weighted by molar-refractivity contribution is 5.83. The maximum absolute atomic E-state index is 11.7. The maximum Gasteiger partial charge on any atom is 0.222 e. The molecule has 0 aliphatic heterocycles. The lowest BCUT2D eigenvalue weighted by Crippen LogP contribution is -2.36. The Morgan fingerprint density at radius 3 is 2.44 bits per heavy atom. The van der Waals surface area contributed by atoms with Crippen LogP contribution >= 0.6 is 0 Å². The van der Waals surface area contributed by atoms with Crippen molar-refractivity contribution in [2.75, 3.05) is 13.6 Å². The molecule has 1 atom stereocenters. The Bertz CT molecular complexity index is 252. The molecule has 16 heavy (non-hydrogen) atoms. The van der Waals surface area contributed by atoms with E-state index >= 15 is 0 Å². The molecular weight excluding hydrogens is 206 g/mol. The van der Waals surface area contributed by atoms with Crippen molar-refractivity contribution in [3.8, 4) is 0 Å². The Kier molecular flexibility index (Phi) is 6.53. The lowest BCUT2D eigenvalue weighted by atomic mass is 10.1. The van der Waals surface area contributed by atoms with Gasteiger partial charge >= 0.3 is 0 Å². The number of carbonyl (C=O) groups is 1. The molecule has 0 saturated heterocycles. The van der Waals surface area contributed by atoms with Gasteiger partial charge in [0, 0.05) is 25.9 Å². The highest BCUT2D eigenvalue weighted by atomic mass is 16.4. The Labute approximate surface area is 97.3 Å². The number of nitrogens with zero attached hydrogens (tertiary/aromatic N) is 2. The van der Waals surface area contributed by atoms with Gasteiger partial charge in [-0.05, 0) is 12.3 Å². The van der Waals surface area contributed by atoms with Crippen LogP contribution in [0.2, 0.25) is 0 Å². The molecule has 3 N–H and O–H groups in total. The van der Waals surface area contributed by atoms with Crippen LogP contribution in [0.5, 0.6) is 0 Å². The first-order valence-corrected chi connectivity index (χ1v) is 5.59. The average molecular weight is 229 g/mol. The van der Waals surface area contributed by atoms with Crippen molar-refractivity contribution >= 4 is 11.7 Å². The highest BCUT2D eigenvalue weighted by Crippen LogP contribution is 2.07. The van der Waals surface area contributed by atoms with Crippen molar-refractivity contribution < 1.29 is 10.0 Å². The van der Waals surface area contributed by atoms with E-state index in [4.69, 9.17) is 10.9 Å². The molecule has 1 unspecified atom stereocenters. The average Bonchev–Trinajstić information content (AvgIpc) is 2.24. The van der Waals surface area contributed by atoms with Crippen LogP contribution in [0.3, 0.4) is 0 Å². The summed E-state index contributed by atoms with van der Waals surface area (Å²) in [5, 5.41) is 11.4.